The van der Waals surface area contributed by atoms with Gasteiger partial charge in [-0.15, -0.1) is 21.5 Å². The first kappa shape index (κ1) is 17.8. The normalized spacial score (nSPS) is 14.0. The van der Waals surface area contributed by atoms with Gasteiger partial charge in [-0.2, -0.15) is 5.10 Å². The van der Waals surface area contributed by atoms with Crippen molar-refractivity contribution in [2.45, 2.75) is 32.3 Å². The van der Waals surface area contributed by atoms with Gasteiger partial charge < -0.3 is 9.15 Å². The SMILES string of the molecule is CC(OC(=O)c1nn(-c2ccccc2)c2c1CCC2)c1nnc(-c2cccs2)o1. The fraction of sp³-hybridized carbons (Fsp3) is 0.238. The second kappa shape index (κ2) is 7.29. The number of nitrogens with zero attached hydrogens (tertiary/aromatic N) is 4. The molecule has 1 aromatic carbocycles. The zero-order valence-corrected chi connectivity index (χ0v) is 16.6. The van der Waals surface area contributed by atoms with E-state index in [1.54, 1.807) is 6.92 Å². The first-order valence-electron chi connectivity index (χ1n) is 9.45. The zero-order chi connectivity index (χ0) is 19.8. The van der Waals surface area contributed by atoms with E-state index < -0.39 is 12.1 Å². The number of benzene rings is 1. The number of hydrogen-bond donors (Lipinski definition) is 0. The Hall–Kier alpha value is -3.26. The number of fused-ring (bicyclic) bond motifs is 1. The predicted molar refractivity (Wildman–Crippen MR) is 107 cm³/mol. The van der Waals surface area contributed by atoms with Crippen LogP contribution in [0, 0.1) is 0 Å². The molecule has 1 aliphatic carbocycles. The van der Waals surface area contributed by atoms with E-state index >= 15 is 0 Å². The maximum Gasteiger partial charge on any atom is 0.359 e. The summed E-state index contributed by atoms with van der Waals surface area (Å²) in [7, 11) is 0. The third-order valence-electron chi connectivity index (χ3n) is 4.93. The minimum atomic E-state index is -0.664. The van der Waals surface area contributed by atoms with Crippen molar-refractivity contribution in [2.24, 2.45) is 0 Å². The van der Waals surface area contributed by atoms with E-state index in [1.807, 2.05) is 52.5 Å². The third kappa shape index (κ3) is 3.25. The number of hydrogen-bond acceptors (Lipinski definition) is 7. The molecule has 1 unspecified atom stereocenters. The van der Waals surface area contributed by atoms with Crippen molar-refractivity contribution >= 4 is 17.3 Å². The minimum Gasteiger partial charge on any atom is -0.448 e. The van der Waals surface area contributed by atoms with Gasteiger partial charge in [-0.25, -0.2) is 9.48 Å². The molecule has 146 valence electrons. The van der Waals surface area contributed by atoms with Gasteiger partial charge in [0.2, 0.25) is 0 Å². The summed E-state index contributed by atoms with van der Waals surface area (Å²) in [6, 6.07) is 13.6. The summed E-state index contributed by atoms with van der Waals surface area (Å²) in [6.45, 7) is 1.72. The Morgan fingerprint density at radius 1 is 1.17 bits per heavy atom. The molecule has 29 heavy (non-hydrogen) atoms. The highest BCUT2D eigenvalue weighted by molar-refractivity contribution is 7.13. The molecule has 3 heterocycles. The van der Waals surface area contributed by atoms with E-state index in [9.17, 15) is 4.79 Å². The van der Waals surface area contributed by atoms with Gasteiger partial charge in [-0.1, -0.05) is 24.3 Å². The fourth-order valence-electron chi connectivity index (χ4n) is 3.55. The van der Waals surface area contributed by atoms with Crippen LogP contribution in [0.15, 0.2) is 52.3 Å². The molecule has 0 N–H and O–H groups in total. The summed E-state index contributed by atoms with van der Waals surface area (Å²) in [6.07, 6.45) is 2.06. The molecule has 7 nitrogen and oxygen atoms in total. The summed E-state index contributed by atoms with van der Waals surface area (Å²) in [4.78, 5) is 13.8. The van der Waals surface area contributed by atoms with Gasteiger partial charge in [0.25, 0.3) is 11.8 Å². The van der Waals surface area contributed by atoms with Gasteiger partial charge in [0.1, 0.15) is 0 Å². The van der Waals surface area contributed by atoms with E-state index in [-0.39, 0.29) is 5.89 Å². The number of para-hydroxylation sites is 1. The largest absolute Gasteiger partial charge is 0.448 e. The second-order valence-corrected chi connectivity index (χ2v) is 7.79. The monoisotopic (exact) mass is 406 g/mol. The zero-order valence-electron chi connectivity index (χ0n) is 15.7. The predicted octanol–water partition coefficient (Wildman–Crippen LogP) is 4.39. The molecule has 0 fully saturated rings. The first-order valence-corrected chi connectivity index (χ1v) is 10.3. The molecule has 0 spiro atoms. The van der Waals surface area contributed by atoms with Gasteiger partial charge in [-0.3, -0.25) is 0 Å². The molecule has 8 heteroatoms. The Morgan fingerprint density at radius 3 is 2.83 bits per heavy atom. The Morgan fingerprint density at radius 2 is 2.03 bits per heavy atom. The summed E-state index contributed by atoms with van der Waals surface area (Å²) < 4.78 is 13.2. The highest BCUT2D eigenvalue weighted by Crippen LogP contribution is 2.30. The van der Waals surface area contributed by atoms with Gasteiger partial charge in [0, 0.05) is 11.3 Å². The van der Waals surface area contributed by atoms with Gasteiger partial charge in [0.05, 0.1) is 10.6 Å². The van der Waals surface area contributed by atoms with E-state index in [2.05, 4.69) is 15.3 Å². The third-order valence-corrected chi connectivity index (χ3v) is 5.79. The highest BCUT2D eigenvalue weighted by atomic mass is 32.1. The lowest BCUT2D eigenvalue weighted by atomic mass is 10.2. The van der Waals surface area contributed by atoms with Crippen molar-refractivity contribution in [3.8, 4) is 16.5 Å². The van der Waals surface area contributed by atoms with Crippen molar-refractivity contribution in [3.05, 3.63) is 70.7 Å². The van der Waals surface area contributed by atoms with Gasteiger partial charge in [0.15, 0.2) is 11.8 Å². The van der Waals surface area contributed by atoms with Crippen LogP contribution < -0.4 is 0 Å². The van der Waals surface area contributed by atoms with Crippen molar-refractivity contribution in [1.29, 1.82) is 0 Å². The lowest BCUT2D eigenvalue weighted by molar-refractivity contribution is 0.0271. The van der Waals surface area contributed by atoms with Crippen LogP contribution in [0.1, 0.15) is 47.1 Å². The summed E-state index contributed by atoms with van der Waals surface area (Å²) in [5, 5.41) is 14.6. The number of esters is 1. The number of aromatic nitrogens is 4. The van der Waals surface area contributed by atoms with Crippen molar-refractivity contribution in [1.82, 2.24) is 20.0 Å². The number of rotatable bonds is 5. The van der Waals surface area contributed by atoms with Gasteiger partial charge in [-0.05, 0) is 49.8 Å². The van der Waals surface area contributed by atoms with E-state index in [0.717, 1.165) is 41.1 Å². The molecule has 4 aromatic rings. The molecule has 0 bridgehead atoms. The maximum absolute atomic E-state index is 12.9. The molecule has 5 rings (SSSR count). The Labute approximate surface area is 171 Å². The fourth-order valence-corrected chi connectivity index (χ4v) is 4.19. The summed E-state index contributed by atoms with van der Waals surface area (Å²) >= 11 is 1.51. The molecule has 0 aliphatic heterocycles. The molecule has 1 atom stereocenters. The number of carbonyl (C=O) groups excluding carboxylic acids is 1. The van der Waals surface area contributed by atoms with E-state index in [0.29, 0.717) is 11.6 Å². The van der Waals surface area contributed by atoms with Crippen LogP contribution in [-0.4, -0.2) is 25.9 Å². The number of ether oxygens (including phenoxy) is 1. The van der Waals surface area contributed by atoms with Crippen molar-refractivity contribution in [3.63, 3.8) is 0 Å². The van der Waals surface area contributed by atoms with E-state index in [1.165, 1.54) is 11.3 Å². The van der Waals surface area contributed by atoms with Crippen LogP contribution in [0.5, 0.6) is 0 Å². The lowest BCUT2D eigenvalue weighted by Crippen LogP contribution is -2.12. The quantitative estimate of drug-likeness (QED) is 0.457. The second-order valence-electron chi connectivity index (χ2n) is 6.85. The number of carbonyl (C=O) groups is 1. The smallest absolute Gasteiger partial charge is 0.359 e. The van der Waals surface area contributed by atoms with Crippen LogP contribution in [0.25, 0.3) is 16.5 Å². The summed E-state index contributed by atoms with van der Waals surface area (Å²) in [5.74, 6) is 0.217. The van der Waals surface area contributed by atoms with Crippen LogP contribution in [0.4, 0.5) is 0 Å². The standard InChI is InChI=1S/C21H18N4O3S/c1-13(19-22-23-20(28-19)17-11-6-12-29-17)27-21(26)18-15-9-5-10-16(15)25(24-18)14-7-3-2-4-8-14/h2-4,6-8,11-13H,5,9-10H2,1H3. The lowest BCUT2D eigenvalue weighted by Gasteiger charge is -2.08. The van der Waals surface area contributed by atoms with Crippen molar-refractivity contribution in [2.75, 3.05) is 0 Å². The molecule has 0 saturated heterocycles. The Bertz CT molecular complexity index is 1150. The highest BCUT2D eigenvalue weighted by Gasteiger charge is 2.29. The first-order chi connectivity index (χ1) is 14.2. The van der Waals surface area contributed by atoms with Crippen LogP contribution >= 0.6 is 11.3 Å². The average Bonchev–Trinajstić information content (AvgIpc) is 3.52. The molecule has 3 aromatic heterocycles. The van der Waals surface area contributed by atoms with Gasteiger partial charge >= 0.3 is 5.97 Å². The minimum absolute atomic E-state index is 0.265. The molecular formula is C21H18N4O3S. The molecule has 0 radical (unpaired) electrons. The molecular weight excluding hydrogens is 388 g/mol. The molecule has 0 saturated carbocycles. The topological polar surface area (TPSA) is 83.0 Å². The molecule has 0 amide bonds. The summed E-state index contributed by atoms with van der Waals surface area (Å²) in [5.41, 5.74) is 3.35. The Balaban J connectivity index is 1.39. The average molecular weight is 406 g/mol. The van der Waals surface area contributed by atoms with Crippen molar-refractivity contribution < 1.29 is 13.9 Å². The number of thiophene rings is 1. The molecule has 1 aliphatic rings. The van der Waals surface area contributed by atoms with Crippen LogP contribution in [-0.2, 0) is 17.6 Å². The van der Waals surface area contributed by atoms with E-state index in [4.69, 9.17) is 9.15 Å². The van der Waals surface area contributed by atoms with Crippen LogP contribution in [0.2, 0.25) is 0 Å². The Kier molecular flexibility index (Phi) is 4.48. The van der Waals surface area contributed by atoms with Crippen LogP contribution in [0.3, 0.4) is 0 Å². The maximum atomic E-state index is 12.9.